The molecule has 1 aromatic carbocycles. The molecule has 1 N–H and O–H groups in total. The summed E-state index contributed by atoms with van der Waals surface area (Å²) in [6.07, 6.45) is 2.33. The van der Waals surface area contributed by atoms with Gasteiger partial charge in [-0.2, -0.15) is 0 Å². The monoisotopic (exact) mass is 219 g/mol. The summed E-state index contributed by atoms with van der Waals surface area (Å²) in [5.41, 5.74) is 2.86. The number of hydrogen-bond donors (Lipinski definition) is 1. The van der Waals surface area contributed by atoms with Crippen LogP contribution in [0.4, 0.5) is 0 Å². The predicted octanol–water partition coefficient (Wildman–Crippen LogP) is 3.95. The molecule has 1 unspecified atom stereocenters. The Labute approximate surface area is 100 Å². The molecule has 16 heavy (non-hydrogen) atoms. The van der Waals surface area contributed by atoms with Gasteiger partial charge >= 0.3 is 0 Å². The molecular weight excluding hydrogens is 194 g/mol. The van der Waals surface area contributed by atoms with Gasteiger partial charge in [-0.1, -0.05) is 52.0 Å². The van der Waals surface area contributed by atoms with Gasteiger partial charge in [0.05, 0.1) is 0 Å². The SMILES string of the molecule is CCNC(CC)c1ccc(CC(C)C)cc1. The second kappa shape index (κ2) is 6.70. The van der Waals surface area contributed by atoms with E-state index in [0.717, 1.165) is 18.9 Å². The predicted molar refractivity (Wildman–Crippen MR) is 71.7 cm³/mol. The second-order valence-corrected chi connectivity index (χ2v) is 4.86. The molecule has 0 spiro atoms. The van der Waals surface area contributed by atoms with Crippen molar-refractivity contribution in [1.82, 2.24) is 5.32 Å². The lowest BCUT2D eigenvalue weighted by Crippen LogP contribution is -2.19. The average Bonchev–Trinajstić information content (AvgIpc) is 2.26. The van der Waals surface area contributed by atoms with Crippen LogP contribution in [-0.2, 0) is 6.42 Å². The molecule has 0 aliphatic heterocycles. The van der Waals surface area contributed by atoms with E-state index in [1.165, 1.54) is 17.5 Å². The molecule has 0 aliphatic rings. The highest BCUT2D eigenvalue weighted by Gasteiger charge is 2.07. The highest BCUT2D eigenvalue weighted by molar-refractivity contribution is 5.25. The summed E-state index contributed by atoms with van der Waals surface area (Å²) in [7, 11) is 0. The first-order valence-corrected chi connectivity index (χ1v) is 6.49. The minimum atomic E-state index is 0.512. The van der Waals surface area contributed by atoms with Gasteiger partial charge in [0, 0.05) is 6.04 Å². The molecule has 0 amide bonds. The minimum Gasteiger partial charge on any atom is -0.310 e. The molecule has 0 radical (unpaired) electrons. The Bertz CT molecular complexity index is 287. The summed E-state index contributed by atoms with van der Waals surface area (Å²) in [6, 6.07) is 9.60. The fraction of sp³-hybridized carbons (Fsp3) is 0.600. The van der Waals surface area contributed by atoms with Crippen LogP contribution in [0.2, 0.25) is 0 Å². The van der Waals surface area contributed by atoms with Gasteiger partial charge in [-0.25, -0.2) is 0 Å². The van der Waals surface area contributed by atoms with Crippen LogP contribution in [0.1, 0.15) is 51.3 Å². The van der Waals surface area contributed by atoms with Gasteiger partial charge in [0.1, 0.15) is 0 Å². The minimum absolute atomic E-state index is 0.512. The van der Waals surface area contributed by atoms with Crippen molar-refractivity contribution in [3.05, 3.63) is 35.4 Å². The smallest absolute Gasteiger partial charge is 0.0317 e. The van der Waals surface area contributed by atoms with Gasteiger partial charge < -0.3 is 5.32 Å². The van der Waals surface area contributed by atoms with E-state index in [4.69, 9.17) is 0 Å². The molecule has 1 rings (SSSR count). The first kappa shape index (κ1) is 13.2. The van der Waals surface area contributed by atoms with E-state index in [1.807, 2.05) is 0 Å². The van der Waals surface area contributed by atoms with Gasteiger partial charge in [0.15, 0.2) is 0 Å². The van der Waals surface area contributed by atoms with E-state index in [0.29, 0.717) is 6.04 Å². The van der Waals surface area contributed by atoms with Crippen LogP contribution in [0.5, 0.6) is 0 Å². The van der Waals surface area contributed by atoms with Crippen molar-refractivity contribution < 1.29 is 0 Å². The maximum atomic E-state index is 3.51. The van der Waals surface area contributed by atoms with E-state index in [9.17, 15) is 0 Å². The summed E-state index contributed by atoms with van der Waals surface area (Å²) in [5.74, 6) is 0.738. The Morgan fingerprint density at radius 1 is 1.06 bits per heavy atom. The van der Waals surface area contributed by atoms with Crippen LogP contribution in [0.3, 0.4) is 0 Å². The normalized spacial score (nSPS) is 13.1. The summed E-state index contributed by atoms with van der Waals surface area (Å²) >= 11 is 0. The van der Waals surface area contributed by atoms with E-state index in [2.05, 4.69) is 57.3 Å². The molecule has 90 valence electrons. The van der Waals surface area contributed by atoms with Crippen LogP contribution in [-0.4, -0.2) is 6.54 Å². The average molecular weight is 219 g/mol. The molecule has 0 saturated heterocycles. The van der Waals surface area contributed by atoms with Gasteiger partial charge in [-0.3, -0.25) is 0 Å². The van der Waals surface area contributed by atoms with Gasteiger partial charge in [-0.15, -0.1) is 0 Å². The molecule has 0 bridgehead atoms. The fourth-order valence-electron chi connectivity index (χ4n) is 2.10. The Morgan fingerprint density at radius 2 is 1.69 bits per heavy atom. The molecule has 1 nitrogen and oxygen atoms in total. The first-order valence-electron chi connectivity index (χ1n) is 6.49. The van der Waals surface area contributed by atoms with E-state index in [-0.39, 0.29) is 0 Å². The summed E-state index contributed by atoms with van der Waals surface area (Å²) in [5, 5.41) is 3.51. The van der Waals surface area contributed by atoms with Crippen molar-refractivity contribution in [3.63, 3.8) is 0 Å². The molecular formula is C15H25N. The zero-order valence-electron chi connectivity index (χ0n) is 11.1. The number of hydrogen-bond acceptors (Lipinski definition) is 1. The molecule has 1 aromatic rings. The first-order chi connectivity index (χ1) is 7.67. The zero-order chi connectivity index (χ0) is 12.0. The second-order valence-electron chi connectivity index (χ2n) is 4.86. The number of rotatable bonds is 6. The summed E-state index contributed by atoms with van der Waals surface area (Å²) in [6.45, 7) is 9.96. The Kier molecular flexibility index (Phi) is 5.54. The standard InChI is InChI=1S/C15H25N/c1-5-15(16-6-2)14-9-7-13(8-10-14)11-12(3)4/h7-10,12,15-16H,5-6,11H2,1-4H3. The summed E-state index contributed by atoms with van der Waals surface area (Å²) in [4.78, 5) is 0. The van der Waals surface area contributed by atoms with Crippen molar-refractivity contribution in [3.8, 4) is 0 Å². The third kappa shape index (κ3) is 3.97. The van der Waals surface area contributed by atoms with Crippen LogP contribution in [0, 0.1) is 5.92 Å². The van der Waals surface area contributed by atoms with Crippen molar-refractivity contribution in [2.75, 3.05) is 6.54 Å². The van der Waals surface area contributed by atoms with Crippen molar-refractivity contribution in [2.24, 2.45) is 5.92 Å². The van der Waals surface area contributed by atoms with Crippen LogP contribution >= 0.6 is 0 Å². The van der Waals surface area contributed by atoms with Crippen LogP contribution < -0.4 is 5.32 Å². The van der Waals surface area contributed by atoms with E-state index < -0.39 is 0 Å². The molecule has 0 heterocycles. The van der Waals surface area contributed by atoms with Crippen molar-refractivity contribution >= 4 is 0 Å². The molecule has 1 heteroatoms. The number of benzene rings is 1. The topological polar surface area (TPSA) is 12.0 Å². The molecule has 0 aliphatic carbocycles. The van der Waals surface area contributed by atoms with Gasteiger partial charge in [0.25, 0.3) is 0 Å². The molecule has 0 fully saturated rings. The van der Waals surface area contributed by atoms with E-state index >= 15 is 0 Å². The molecule has 0 aromatic heterocycles. The third-order valence-corrected chi connectivity index (χ3v) is 2.88. The third-order valence-electron chi connectivity index (χ3n) is 2.88. The lowest BCUT2D eigenvalue weighted by Gasteiger charge is -2.16. The van der Waals surface area contributed by atoms with Gasteiger partial charge in [-0.05, 0) is 36.4 Å². The largest absolute Gasteiger partial charge is 0.310 e. The quantitative estimate of drug-likeness (QED) is 0.764. The van der Waals surface area contributed by atoms with Crippen LogP contribution in [0.25, 0.3) is 0 Å². The Hall–Kier alpha value is -0.820. The fourth-order valence-corrected chi connectivity index (χ4v) is 2.10. The lowest BCUT2D eigenvalue weighted by molar-refractivity contribution is 0.537. The highest BCUT2D eigenvalue weighted by atomic mass is 14.9. The number of nitrogens with one attached hydrogen (secondary N) is 1. The van der Waals surface area contributed by atoms with Crippen molar-refractivity contribution in [2.45, 2.75) is 46.6 Å². The maximum Gasteiger partial charge on any atom is 0.0317 e. The Balaban J connectivity index is 2.69. The zero-order valence-corrected chi connectivity index (χ0v) is 11.1. The Morgan fingerprint density at radius 3 is 2.12 bits per heavy atom. The molecule has 1 atom stereocenters. The van der Waals surface area contributed by atoms with Crippen LogP contribution in [0.15, 0.2) is 24.3 Å². The maximum absolute atomic E-state index is 3.51. The van der Waals surface area contributed by atoms with Gasteiger partial charge in [0.2, 0.25) is 0 Å². The highest BCUT2D eigenvalue weighted by Crippen LogP contribution is 2.18. The van der Waals surface area contributed by atoms with E-state index in [1.54, 1.807) is 0 Å². The van der Waals surface area contributed by atoms with Crippen molar-refractivity contribution in [1.29, 1.82) is 0 Å². The summed E-state index contributed by atoms with van der Waals surface area (Å²) < 4.78 is 0. The lowest BCUT2D eigenvalue weighted by atomic mass is 9.98. The molecule has 0 saturated carbocycles.